The molecule has 4 heteroatoms. The van der Waals surface area contributed by atoms with Gasteiger partial charge in [0.15, 0.2) is 0 Å². The lowest BCUT2D eigenvalue weighted by molar-refractivity contribution is 0.361. The molecule has 6 aromatic rings. The van der Waals surface area contributed by atoms with Gasteiger partial charge in [-0.3, -0.25) is 0 Å². The van der Waals surface area contributed by atoms with Gasteiger partial charge in [-0.15, -0.1) is 0 Å². The predicted octanol–water partition coefficient (Wildman–Crippen LogP) is 12.6. The van der Waals surface area contributed by atoms with Crippen molar-refractivity contribution in [2.24, 2.45) is 0 Å². The lowest BCUT2D eigenvalue weighted by atomic mass is 9.65. The highest BCUT2D eigenvalue weighted by molar-refractivity contribution is 5.84. The van der Waals surface area contributed by atoms with Crippen LogP contribution in [-0.2, 0) is 22.9 Å². The first-order valence-corrected chi connectivity index (χ1v) is 18.2. The van der Waals surface area contributed by atoms with E-state index in [1.807, 2.05) is 12.5 Å². The molecule has 50 heavy (non-hydrogen) atoms. The van der Waals surface area contributed by atoms with Gasteiger partial charge in [0.1, 0.15) is 12.5 Å². The van der Waals surface area contributed by atoms with Crippen LogP contribution in [0.1, 0.15) is 92.8 Å². The molecule has 0 saturated carbocycles. The molecule has 0 bridgehead atoms. The highest BCUT2D eigenvalue weighted by Gasteiger charge is 2.50. The quantitative estimate of drug-likeness (QED) is 0.146. The molecular formula is C46H48N2O2. The van der Waals surface area contributed by atoms with Crippen LogP contribution < -0.4 is 9.80 Å². The molecule has 0 saturated heterocycles. The van der Waals surface area contributed by atoms with Gasteiger partial charge in [0.2, 0.25) is 0 Å². The molecule has 2 unspecified atom stereocenters. The number of aryl methyl sites for hydroxylation is 2. The first kappa shape index (κ1) is 32.3. The Kier molecular flexibility index (Phi) is 7.63. The number of hydrogen-bond acceptors (Lipinski definition) is 4. The second-order valence-corrected chi connectivity index (χ2v) is 15.3. The molecule has 2 aliphatic carbocycles. The van der Waals surface area contributed by atoms with E-state index in [1.54, 1.807) is 12.5 Å². The summed E-state index contributed by atoms with van der Waals surface area (Å²) in [4.78, 5) is 5.00. The monoisotopic (exact) mass is 660 g/mol. The van der Waals surface area contributed by atoms with Gasteiger partial charge in [0, 0.05) is 35.3 Å². The molecule has 0 radical (unpaired) electrons. The standard InChI is InChI=1S/C46H48N2O2/c1-8-22-45(7,47(37-20-23-49-29-37)35-15-10-31(3)11-16-35)34-14-19-39-40-25-33-28-46(9-2,41(33)27-43(40)44(5,6)42(39)26-34)48(38-21-24-50-30-38)36-17-12-32(4)13-18-36/h10-21,23-27,29-30H,8-9,22,28H2,1-7H3. The van der Waals surface area contributed by atoms with E-state index in [-0.39, 0.29) is 16.5 Å². The summed E-state index contributed by atoms with van der Waals surface area (Å²) in [7, 11) is 0. The van der Waals surface area contributed by atoms with E-state index in [4.69, 9.17) is 8.83 Å². The Labute approximate surface area is 297 Å². The third-order valence-corrected chi connectivity index (χ3v) is 11.9. The lowest BCUT2D eigenvalue weighted by Gasteiger charge is -2.52. The fraction of sp³-hybridized carbons (Fsp3) is 0.304. The normalized spacial score (nSPS) is 18.1. The van der Waals surface area contributed by atoms with E-state index in [0.29, 0.717) is 0 Å². The summed E-state index contributed by atoms with van der Waals surface area (Å²) in [5.41, 5.74) is 16.2. The summed E-state index contributed by atoms with van der Waals surface area (Å²) < 4.78 is 11.3. The Morgan fingerprint density at radius 2 is 1.28 bits per heavy atom. The smallest absolute Gasteiger partial charge is 0.114 e. The van der Waals surface area contributed by atoms with Gasteiger partial charge >= 0.3 is 0 Å². The summed E-state index contributed by atoms with van der Waals surface area (Å²) in [6.45, 7) is 16.1. The zero-order valence-electron chi connectivity index (χ0n) is 30.5. The van der Waals surface area contributed by atoms with Gasteiger partial charge in [0.05, 0.1) is 35.0 Å². The third kappa shape index (κ3) is 4.79. The van der Waals surface area contributed by atoms with Crippen molar-refractivity contribution in [3.63, 3.8) is 0 Å². The maximum absolute atomic E-state index is 5.68. The molecule has 2 atom stereocenters. The number of rotatable bonds is 10. The van der Waals surface area contributed by atoms with Crippen LogP contribution in [0.15, 0.2) is 125 Å². The molecule has 0 spiro atoms. The summed E-state index contributed by atoms with van der Waals surface area (Å²) in [6, 6.07) is 34.4. The molecular weight excluding hydrogens is 613 g/mol. The average molecular weight is 661 g/mol. The summed E-state index contributed by atoms with van der Waals surface area (Å²) >= 11 is 0. The van der Waals surface area contributed by atoms with Crippen molar-refractivity contribution in [3.05, 3.63) is 155 Å². The van der Waals surface area contributed by atoms with Gasteiger partial charge in [0.25, 0.3) is 0 Å². The van der Waals surface area contributed by atoms with E-state index in [1.165, 1.54) is 61.4 Å². The predicted molar refractivity (Wildman–Crippen MR) is 206 cm³/mol. The second-order valence-electron chi connectivity index (χ2n) is 15.3. The number of hydrogen-bond donors (Lipinski definition) is 0. The van der Waals surface area contributed by atoms with Gasteiger partial charge in [-0.25, -0.2) is 0 Å². The fourth-order valence-electron chi connectivity index (χ4n) is 9.11. The Bertz CT molecular complexity index is 2140. The fourth-order valence-corrected chi connectivity index (χ4v) is 9.11. The van der Waals surface area contributed by atoms with Crippen molar-refractivity contribution < 1.29 is 8.83 Å². The van der Waals surface area contributed by atoms with Crippen LogP contribution >= 0.6 is 0 Å². The van der Waals surface area contributed by atoms with E-state index in [0.717, 1.165) is 37.1 Å². The van der Waals surface area contributed by atoms with Gasteiger partial charge in [-0.2, -0.15) is 0 Å². The largest absolute Gasteiger partial charge is 0.470 e. The molecule has 4 aromatic carbocycles. The maximum atomic E-state index is 5.68. The Balaban J connectivity index is 1.23. The minimum atomic E-state index is -0.297. The van der Waals surface area contributed by atoms with Crippen LogP contribution in [0.4, 0.5) is 22.7 Å². The van der Waals surface area contributed by atoms with E-state index >= 15 is 0 Å². The molecule has 0 aliphatic heterocycles. The topological polar surface area (TPSA) is 32.8 Å². The molecule has 0 fully saturated rings. The van der Waals surface area contributed by atoms with Crippen molar-refractivity contribution in [1.29, 1.82) is 0 Å². The van der Waals surface area contributed by atoms with Crippen LogP contribution in [0.5, 0.6) is 0 Å². The SMILES string of the molecule is CCCC(C)(c1ccc2c(c1)C(C)(C)c1cc3c(cc1-2)CC3(CC)N(c1ccc(C)cc1)c1ccoc1)N(c1ccc(C)cc1)c1ccoc1. The van der Waals surface area contributed by atoms with Crippen molar-refractivity contribution in [1.82, 2.24) is 0 Å². The number of benzene rings is 4. The maximum Gasteiger partial charge on any atom is 0.114 e. The van der Waals surface area contributed by atoms with Crippen LogP contribution in [-0.4, -0.2) is 0 Å². The summed E-state index contributed by atoms with van der Waals surface area (Å²) in [6.07, 6.45) is 11.4. The minimum Gasteiger partial charge on any atom is -0.470 e. The molecule has 0 N–H and O–H groups in total. The third-order valence-electron chi connectivity index (χ3n) is 11.9. The molecule has 2 heterocycles. The number of anilines is 4. The molecule has 2 aliphatic rings. The van der Waals surface area contributed by atoms with Crippen molar-refractivity contribution in [2.75, 3.05) is 9.80 Å². The molecule has 0 amide bonds. The highest BCUT2D eigenvalue weighted by atomic mass is 16.3. The van der Waals surface area contributed by atoms with Crippen LogP contribution in [0, 0.1) is 13.8 Å². The van der Waals surface area contributed by atoms with Crippen LogP contribution in [0.25, 0.3) is 11.1 Å². The number of nitrogens with zero attached hydrogens (tertiary/aromatic N) is 2. The zero-order chi connectivity index (χ0) is 34.8. The number of furan rings is 2. The Hall–Kier alpha value is -4.96. The van der Waals surface area contributed by atoms with Gasteiger partial charge < -0.3 is 18.6 Å². The van der Waals surface area contributed by atoms with E-state index < -0.39 is 0 Å². The van der Waals surface area contributed by atoms with Gasteiger partial charge in [-0.05, 0) is 96.8 Å². The van der Waals surface area contributed by atoms with Gasteiger partial charge in [-0.1, -0.05) is 99.8 Å². The van der Waals surface area contributed by atoms with E-state index in [9.17, 15) is 0 Å². The highest BCUT2D eigenvalue weighted by Crippen LogP contribution is 2.58. The first-order valence-electron chi connectivity index (χ1n) is 18.2. The molecule has 254 valence electrons. The second kappa shape index (κ2) is 11.8. The van der Waals surface area contributed by atoms with Crippen molar-refractivity contribution in [3.8, 4) is 11.1 Å². The molecule has 8 rings (SSSR count). The number of fused-ring (bicyclic) bond motifs is 4. The van der Waals surface area contributed by atoms with Crippen molar-refractivity contribution >= 4 is 22.7 Å². The molecule has 4 nitrogen and oxygen atoms in total. The van der Waals surface area contributed by atoms with Crippen LogP contribution in [0.2, 0.25) is 0 Å². The van der Waals surface area contributed by atoms with Crippen LogP contribution in [0.3, 0.4) is 0 Å². The Morgan fingerprint density at radius 3 is 1.88 bits per heavy atom. The minimum absolute atomic E-state index is 0.154. The molecule has 2 aromatic heterocycles. The summed E-state index contributed by atoms with van der Waals surface area (Å²) in [5, 5.41) is 0. The zero-order valence-corrected chi connectivity index (χ0v) is 30.5. The lowest BCUT2D eigenvalue weighted by Crippen LogP contribution is -2.51. The Morgan fingerprint density at radius 1 is 0.660 bits per heavy atom. The first-order chi connectivity index (χ1) is 24.1. The van der Waals surface area contributed by atoms with E-state index in [2.05, 4.69) is 149 Å². The average Bonchev–Trinajstić information content (AvgIpc) is 3.87. The van der Waals surface area contributed by atoms with Crippen molar-refractivity contribution in [2.45, 2.75) is 90.6 Å². The summed E-state index contributed by atoms with van der Waals surface area (Å²) in [5.74, 6) is 0.